The molecule has 0 bridgehead atoms. The van der Waals surface area contributed by atoms with E-state index in [1.807, 2.05) is 0 Å². The van der Waals surface area contributed by atoms with Crippen LogP contribution in [0.15, 0.2) is 0 Å². The number of carbonyl (C=O) groups is 1. The molecule has 0 aliphatic heterocycles. The molecule has 0 saturated carbocycles. The molecule has 0 aromatic carbocycles. The third-order valence-corrected chi connectivity index (χ3v) is 4.44. The predicted molar refractivity (Wildman–Crippen MR) is 90.3 cm³/mol. The largest absolute Gasteiger partial charge is 0.281 e. The number of carbonyl (C=O) groups excluding carboxylic acids is 1. The van der Waals surface area contributed by atoms with E-state index < -0.39 is 0 Å². The summed E-state index contributed by atoms with van der Waals surface area (Å²) in [7, 11) is 0. The number of unbranched alkanes of at least 4 members (excludes halogenated alkanes) is 10. The van der Waals surface area contributed by atoms with E-state index in [1.165, 1.54) is 77.0 Å². The zero-order valence-corrected chi connectivity index (χ0v) is 14.5. The average Bonchev–Trinajstić information content (AvgIpc) is 2.43. The highest BCUT2D eigenvalue weighted by Crippen LogP contribution is 2.21. The molecule has 0 amide bonds. The van der Waals surface area contributed by atoms with E-state index in [4.69, 9.17) is 11.6 Å². The quantitative estimate of drug-likeness (QED) is 0.238. The van der Waals surface area contributed by atoms with Gasteiger partial charge >= 0.3 is 0 Å². The molecule has 20 heavy (non-hydrogen) atoms. The molecule has 120 valence electrons. The lowest BCUT2D eigenvalue weighted by Crippen LogP contribution is -2.08. The Kier molecular flexibility index (Phi) is 15.3. The van der Waals surface area contributed by atoms with Crippen LogP contribution in [0.2, 0.25) is 0 Å². The standard InChI is InChI=1S/C18H35ClO/c1-3-5-7-9-11-13-15-17(18(19)20)16-14-12-10-8-6-4-2/h17H,3-16H2,1-2H3. The van der Waals surface area contributed by atoms with E-state index in [1.54, 1.807) is 0 Å². The van der Waals surface area contributed by atoms with Gasteiger partial charge in [-0.3, -0.25) is 4.79 Å². The molecule has 0 aromatic rings. The third kappa shape index (κ3) is 13.0. The van der Waals surface area contributed by atoms with Crippen LogP contribution in [0.3, 0.4) is 0 Å². The summed E-state index contributed by atoms with van der Waals surface area (Å²) in [5, 5.41) is -0.105. The van der Waals surface area contributed by atoms with Crippen molar-refractivity contribution in [1.29, 1.82) is 0 Å². The maximum absolute atomic E-state index is 11.4. The van der Waals surface area contributed by atoms with Crippen molar-refractivity contribution in [3.8, 4) is 0 Å². The minimum atomic E-state index is -0.105. The summed E-state index contributed by atoms with van der Waals surface area (Å²) in [6.45, 7) is 4.48. The molecule has 0 N–H and O–H groups in total. The van der Waals surface area contributed by atoms with Gasteiger partial charge in [0.2, 0.25) is 5.24 Å². The molecule has 0 aromatic heterocycles. The lowest BCUT2D eigenvalue weighted by molar-refractivity contribution is -0.115. The molecule has 0 atom stereocenters. The fourth-order valence-corrected chi connectivity index (χ4v) is 2.93. The minimum absolute atomic E-state index is 0.105. The molecular weight excluding hydrogens is 268 g/mol. The smallest absolute Gasteiger partial charge is 0.224 e. The summed E-state index contributed by atoms with van der Waals surface area (Å²) >= 11 is 5.73. The second-order valence-corrected chi connectivity index (χ2v) is 6.49. The Morgan fingerprint density at radius 3 is 1.40 bits per heavy atom. The van der Waals surface area contributed by atoms with Gasteiger partial charge in [-0.25, -0.2) is 0 Å². The van der Waals surface area contributed by atoms with Crippen LogP contribution in [0.25, 0.3) is 0 Å². The summed E-state index contributed by atoms with van der Waals surface area (Å²) in [6.07, 6.45) is 17.4. The van der Waals surface area contributed by atoms with Crippen LogP contribution in [-0.4, -0.2) is 5.24 Å². The van der Waals surface area contributed by atoms with Gasteiger partial charge in [-0.1, -0.05) is 90.9 Å². The SMILES string of the molecule is CCCCCCCCC(CCCCCCCC)C(=O)Cl. The van der Waals surface area contributed by atoms with Crippen LogP contribution in [0.4, 0.5) is 0 Å². The molecule has 0 heterocycles. The van der Waals surface area contributed by atoms with Crippen molar-refractivity contribution >= 4 is 16.8 Å². The van der Waals surface area contributed by atoms with E-state index in [9.17, 15) is 4.79 Å². The monoisotopic (exact) mass is 302 g/mol. The van der Waals surface area contributed by atoms with Crippen molar-refractivity contribution in [3.05, 3.63) is 0 Å². The highest BCUT2D eigenvalue weighted by atomic mass is 35.5. The summed E-state index contributed by atoms with van der Waals surface area (Å²) in [6, 6.07) is 0. The van der Waals surface area contributed by atoms with Crippen LogP contribution in [0.1, 0.15) is 104 Å². The fourth-order valence-electron chi connectivity index (χ4n) is 2.71. The molecule has 0 fully saturated rings. The Labute approximate surface area is 131 Å². The van der Waals surface area contributed by atoms with Gasteiger partial charge in [-0.05, 0) is 24.4 Å². The summed E-state index contributed by atoms with van der Waals surface area (Å²) < 4.78 is 0. The molecule has 2 heteroatoms. The van der Waals surface area contributed by atoms with Crippen LogP contribution in [0.5, 0.6) is 0 Å². The second kappa shape index (κ2) is 15.4. The first-order valence-electron chi connectivity index (χ1n) is 8.91. The van der Waals surface area contributed by atoms with Gasteiger partial charge in [0.25, 0.3) is 0 Å². The van der Waals surface area contributed by atoms with Crippen LogP contribution < -0.4 is 0 Å². The van der Waals surface area contributed by atoms with Crippen LogP contribution in [-0.2, 0) is 4.79 Å². The average molecular weight is 303 g/mol. The fraction of sp³-hybridized carbons (Fsp3) is 0.944. The van der Waals surface area contributed by atoms with E-state index >= 15 is 0 Å². The van der Waals surface area contributed by atoms with Gasteiger partial charge in [-0.2, -0.15) is 0 Å². The minimum Gasteiger partial charge on any atom is -0.281 e. The summed E-state index contributed by atoms with van der Waals surface area (Å²) in [5.74, 6) is 0.119. The van der Waals surface area contributed by atoms with Gasteiger partial charge < -0.3 is 0 Å². The van der Waals surface area contributed by atoms with Gasteiger partial charge in [0.15, 0.2) is 0 Å². The van der Waals surface area contributed by atoms with Crippen molar-refractivity contribution < 1.29 is 4.79 Å². The molecule has 0 unspecified atom stereocenters. The second-order valence-electron chi connectivity index (χ2n) is 6.11. The van der Waals surface area contributed by atoms with Gasteiger partial charge in [0, 0.05) is 5.92 Å². The lowest BCUT2D eigenvalue weighted by Gasteiger charge is -2.12. The molecule has 1 nitrogen and oxygen atoms in total. The predicted octanol–water partition coefficient (Wildman–Crippen LogP) is 6.87. The van der Waals surface area contributed by atoms with E-state index in [-0.39, 0.29) is 11.2 Å². The zero-order valence-electron chi connectivity index (χ0n) is 13.8. The Morgan fingerprint density at radius 1 is 0.700 bits per heavy atom. The summed E-state index contributed by atoms with van der Waals surface area (Å²) in [4.78, 5) is 11.4. The van der Waals surface area contributed by atoms with Gasteiger partial charge in [0.1, 0.15) is 0 Å². The summed E-state index contributed by atoms with van der Waals surface area (Å²) in [5.41, 5.74) is 0. The normalized spacial score (nSPS) is 11.2. The first-order valence-corrected chi connectivity index (χ1v) is 9.29. The third-order valence-electron chi connectivity index (χ3n) is 4.13. The Balaban J connectivity index is 3.53. The van der Waals surface area contributed by atoms with Crippen molar-refractivity contribution in [2.75, 3.05) is 0 Å². The molecule has 0 spiro atoms. The molecule has 0 aliphatic carbocycles. The molecule has 0 rings (SSSR count). The van der Waals surface area contributed by atoms with E-state index in [0.29, 0.717) is 0 Å². The Morgan fingerprint density at radius 2 is 1.05 bits per heavy atom. The van der Waals surface area contributed by atoms with Crippen molar-refractivity contribution in [2.24, 2.45) is 5.92 Å². The van der Waals surface area contributed by atoms with Crippen LogP contribution >= 0.6 is 11.6 Å². The highest BCUT2D eigenvalue weighted by Gasteiger charge is 2.15. The highest BCUT2D eigenvalue weighted by molar-refractivity contribution is 6.63. The zero-order chi connectivity index (χ0) is 15.1. The van der Waals surface area contributed by atoms with E-state index in [2.05, 4.69) is 13.8 Å². The molecule has 0 aliphatic rings. The molecular formula is C18H35ClO. The number of rotatable bonds is 15. The number of hydrogen-bond acceptors (Lipinski definition) is 1. The maximum Gasteiger partial charge on any atom is 0.224 e. The van der Waals surface area contributed by atoms with Crippen molar-refractivity contribution in [3.63, 3.8) is 0 Å². The van der Waals surface area contributed by atoms with Crippen molar-refractivity contribution in [2.45, 2.75) is 104 Å². The Bertz CT molecular complexity index is 199. The number of hydrogen-bond donors (Lipinski definition) is 0. The van der Waals surface area contributed by atoms with Crippen LogP contribution in [0, 0.1) is 5.92 Å². The van der Waals surface area contributed by atoms with Crippen molar-refractivity contribution in [1.82, 2.24) is 0 Å². The topological polar surface area (TPSA) is 17.1 Å². The first kappa shape index (κ1) is 20.0. The first-order chi connectivity index (χ1) is 9.72. The van der Waals surface area contributed by atoms with E-state index in [0.717, 1.165) is 12.8 Å². The van der Waals surface area contributed by atoms with Gasteiger partial charge in [0.05, 0.1) is 0 Å². The maximum atomic E-state index is 11.4. The molecule has 0 saturated heterocycles. The lowest BCUT2D eigenvalue weighted by atomic mass is 9.95. The molecule has 0 radical (unpaired) electrons. The van der Waals surface area contributed by atoms with Gasteiger partial charge in [-0.15, -0.1) is 0 Å². The number of halogens is 1. The Hall–Kier alpha value is -0.0400.